The fourth-order valence-corrected chi connectivity index (χ4v) is 1.44. The molecule has 1 aliphatic heterocycles. The van der Waals surface area contributed by atoms with E-state index < -0.39 is 12.2 Å². The molecule has 1 atom stereocenters. The Hall–Kier alpha value is -0.290. The molecule has 0 aromatic carbocycles. The van der Waals surface area contributed by atoms with Crippen molar-refractivity contribution in [1.82, 2.24) is 0 Å². The van der Waals surface area contributed by atoms with Crippen molar-refractivity contribution in [2.75, 3.05) is 13.2 Å². The molecule has 0 amide bonds. The number of nitrogens with two attached hydrogens (primary N) is 1. The number of halogens is 3. The lowest BCUT2D eigenvalue weighted by molar-refractivity contribution is -0.179. The van der Waals surface area contributed by atoms with Gasteiger partial charge in [0.15, 0.2) is 0 Å². The summed E-state index contributed by atoms with van der Waals surface area (Å²) in [5.41, 5.74) is 4.72. The molecule has 5 heteroatoms. The second kappa shape index (κ2) is 3.46. The molecule has 1 aliphatic rings. The molecule has 13 heavy (non-hydrogen) atoms. The molecule has 0 saturated carbocycles. The Kier molecular flexibility index (Phi) is 2.87. The molecule has 2 nitrogen and oxygen atoms in total. The Bertz CT molecular complexity index is 171. The van der Waals surface area contributed by atoms with E-state index in [1.54, 1.807) is 0 Å². The van der Waals surface area contributed by atoms with Gasteiger partial charge in [0.2, 0.25) is 0 Å². The molecule has 78 valence electrons. The van der Waals surface area contributed by atoms with Crippen molar-refractivity contribution in [3.8, 4) is 0 Å². The third-order valence-corrected chi connectivity index (χ3v) is 2.64. The summed E-state index contributed by atoms with van der Waals surface area (Å²) in [5.74, 6) is 0. The van der Waals surface area contributed by atoms with Crippen LogP contribution in [0.4, 0.5) is 13.2 Å². The van der Waals surface area contributed by atoms with Crippen molar-refractivity contribution < 1.29 is 17.9 Å². The lowest BCUT2D eigenvalue weighted by atomic mass is 9.77. The van der Waals surface area contributed by atoms with E-state index in [2.05, 4.69) is 0 Å². The Morgan fingerprint density at radius 2 is 2.00 bits per heavy atom. The van der Waals surface area contributed by atoms with Gasteiger partial charge in [-0.3, -0.25) is 0 Å². The van der Waals surface area contributed by atoms with E-state index in [0.29, 0.717) is 19.6 Å². The van der Waals surface area contributed by atoms with Crippen LogP contribution in [0.15, 0.2) is 0 Å². The quantitative estimate of drug-likeness (QED) is 0.747. The first-order chi connectivity index (χ1) is 5.90. The summed E-state index contributed by atoms with van der Waals surface area (Å²) in [7, 11) is 0. The first kappa shape index (κ1) is 10.8. The van der Waals surface area contributed by atoms with Gasteiger partial charge < -0.3 is 10.5 Å². The Labute approximate surface area is 75.2 Å². The molecule has 1 fully saturated rings. The lowest BCUT2D eigenvalue weighted by Crippen LogP contribution is -2.50. The molecule has 0 aromatic heterocycles. The van der Waals surface area contributed by atoms with Crippen LogP contribution in [0.1, 0.15) is 19.8 Å². The van der Waals surface area contributed by atoms with Gasteiger partial charge in [0, 0.05) is 5.41 Å². The number of hydrogen-bond acceptors (Lipinski definition) is 2. The molecule has 2 N–H and O–H groups in total. The zero-order chi connectivity index (χ0) is 10.1. The first-order valence-electron chi connectivity index (χ1n) is 4.30. The van der Waals surface area contributed by atoms with Crippen LogP contribution < -0.4 is 5.73 Å². The van der Waals surface area contributed by atoms with E-state index in [1.807, 2.05) is 6.92 Å². The van der Waals surface area contributed by atoms with Crippen LogP contribution in [-0.2, 0) is 4.74 Å². The van der Waals surface area contributed by atoms with E-state index in [4.69, 9.17) is 10.5 Å². The highest BCUT2D eigenvalue weighted by Crippen LogP contribution is 2.38. The second-order valence-corrected chi connectivity index (χ2v) is 3.70. The molecule has 0 aliphatic carbocycles. The third-order valence-electron chi connectivity index (χ3n) is 2.64. The summed E-state index contributed by atoms with van der Waals surface area (Å²) in [6.07, 6.45) is -3.61. The maximum atomic E-state index is 12.1. The van der Waals surface area contributed by atoms with E-state index >= 15 is 0 Å². The minimum Gasteiger partial charge on any atom is -0.380 e. The molecule has 1 unspecified atom stereocenters. The Balaban J connectivity index is 2.47. The van der Waals surface area contributed by atoms with Crippen LogP contribution in [-0.4, -0.2) is 25.4 Å². The average Bonchev–Trinajstić information content (AvgIpc) is 1.94. The van der Waals surface area contributed by atoms with Crippen LogP contribution in [0.2, 0.25) is 0 Å². The predicted octanol–water partition coefficient (Wildman–Crippen LogP) is 1.69. The average molecular weight is 197 g/mol. The predicted molar refractivity (Wildman–Crippen MR) is 42.2 cm³/mol. The van der Waals surface area contributed by atoms with Gasteiger partial charge >= 0.3 is 6.18 Å². The first-order valence-corrected chi connectivity index (χ1v) is 4.30. The van der Waals surface area contributed by atoms with Gasteiger partial charge in [0.05, 0.1) is 13.2 Å². The summed E-state index contributed by atoms with van der Waals surface area (Å²) in [5, 5.41) is 0. The van der Waals surface area contributed by atoms with Crippen molar-refractivity contribution in [2.24, 2.45) is 11.1 Å². The monoisotopic (exact) mass is 197 g/mol. The maximum absolute atomic E-state index is 12.1. The van der Waals surface area contributed by atoms with Crippen LogP contribution in [0, 0.1) is 5.41 Å². The van der Waals surface area contributed by atoms with E-state index in [1.165, 1.54) is 0 Å². The summed E-state index contributed by atoms with van der Waals surface area (Å²) in [4.78, 5) is 0. The van der Waals surface area contributed by atoms with Crippen molar-refractivity contribution in [1.29, 1.82) is 0 Å². The Morgan fingerprint density at radius 3 is 2.23 bits per heavy atom. The van der Waals surface area contributed by atoms with Gasteiger partial charge in [0.1, 0.15) is 6.04 Å². The normalized spacial score (nSPS) is 23.8. The zero-order valence-corrected chi connectivity index (χ0v) is 7.53. The molecular weight excluding hydrogens is 183 g/mol. The van der Waals surface area contributed by atoms with Crippen LogP contribution >= 0.6 is 0 Å². The standard InChI is InChI=1S/C8H14F3NO/c1-2-7(4-13-5-7)3-6(12)8(9,10)11/h6H,2-5,12H2,1H3. The number of alkyl halides is 3. The number of rotatable bonds is 3. The van der Waals surface area contributed by atoms with Crippen LogP contribution in [0.25, 0.3) is 0 Å². The van der Waals surface area contributed by atoms with Crippen molar-refractivity contribution >= 4 is 0 Å². The zero-order valence-electron chi connectivity index (χ0n) is 7.53. The summed E-state index contributed by atoms with van der Waals surface area (Å²) < 4.78 is 41.3. The molecule has 1 heterocycles. The minimum atomic E-state index is -4.28. The summed E-state index contributed by atoms with van der Waals surface area (Å²) in [6, 6.07) is -1.71. The largest absolute Gasteiger partial charge is 0.403 e. The van der Waals surface area contributed by atoms with Crippen LogP contribution in [0.3, 0.4) is 0 Å². The molecule has 1 saturated heterocycles. The van der Waals surface area contributed by atoms with Gasteiger partial charge in [-0.25, -0.2) is 0 Å². The molecule has 0 bridgehead atoms. The number of ether oxygens (including phenoxy) is 1. The molecule has 0 spiro atoms. The minimum absolute atomic E-state index is 0.0208. The highest BCUT2D eigenvalue weighted by atomic mass is 19.4. The topological polar surface area (TPSA) is 35.2 Å². The highest BCUT2D eigenvalue weighted by Gasteiger charge is 2.45. The SMILES string of the molecule is CCC1(CC(N)C(F)(F)F)COC1. The van der Waals surface area contributed by atoms with E-state index in [0.717, 1.165) is 0 Å². The fourth-order valence-electron chi connectivity index (χ4n) is 1.44. The van der Waals surface area contributed by atoms with Crippen LogP contribution in [0.5, 0.6) is 0 Å². The lowest BCUT2D eigenvalue weighted by Gasteiger charge is -2.42. The summed E-state index contributed by atoms with van der Waals surface area (Å²) in [6.45, 7) is 2.69. The highest BCUT2D eigenvalue weighted by molar-refractivity contribution is 4.89. The molecule has 0 aromatic rings. The van der Waals surface area contributed by atoms with Gasteiger partial charge in [0.25, 0.3) is 0 Å². The van der Waals surface area contributed by atoms with E-state index in [-0.39, 0.29) is 11.8 Å². The van der Waals surface area contributed by atoms with Gasteiger partial charge in [-0.1, -0.05) is 6.92 Å². The summed E-state index contributed by atoms with van der Waals surface area (Å²) >= 11 is 0. The Morgan fingerprint density at radius 1 is 1.46 bits per heavy atom. The van der Waals surface area contributed by atoms with Crippen molar-refractivity contribution in [3.05, 3.63) is 0 Å². The van der Waals surface area contributed by atoms with E-state index in [9.17, 15) is 13.2 Å². The third kappa shape index (κ3) is 2.34. The maximum Gasteiger partial charge on any atom is 0.403 e. The molecule has 1 rings (SSSR count). The molecular formula is C8H14F3NO. The van der Waals surface area contributed by atoms with Gasteiger partial charge in [-0.15, -0.1) is 0 Å². The van der Waals surface area contributed by atoms with Gasteiger partial charge in [-0.05, 0) is 12.8 Å². The van der Waals surface area contributed by atoms with Crippen molar-refractivity contribution in [2.45, 2.75) is 32.0 Å². The number of hydrogen-bond donors (Lipinski definition) is 1. The smallest absolute Gasteiger partial charge is 0.380 e. The fraction of sp³-hybridized carbons (Fsp3) is 1.00. The molecule has 0 radical (unpaired) electrons. The van der Waals surface area contributed by atoms with Gasteiger partial charge in [-0.2, -0.15) is 13.2 Å². The second-order valence-electron chi connectivity index (χ2n) is 3.70. The van der Waals surface area contributed by atoms with Crippen molar-refractivity contribution in [3.63, 3.8) is 0 Å².